The summed E-state index contributed by atoms with van der Waals surface area (Å²) in [6.07, 6.45) is 0.944. The Labute approximate surface area is 118 Å². The Morgan fingerprint density at radius 3 is 2.60 bits per heavy atom. The minimum absolute atomic E-state index is 0.191. The van der Waals surface area contributed by atoms with Gasteiger partial charge in [0.25, 0.3) is 0 Å². The molecule has 0 saturated carbocycles. The van der Waals surface area contributed by atoms with Gasteiger partial charge in [-0.25, -0.2) is 0 Å². The molecule has 1 heterocycles. The number of aromatic hydroxyl groups is 1. The number of benzene rings is 2. The maximum absolute atomic E-state index is 9.36. The second-order valence-electron chi connectivity index (χ2n) is 4.76. The maximum Gasteiger partial charge on any atom is 0.231 e. The molecule has 0 spiro atoms. The highest BCUT2D eigenvalue weighted by Gasteiger charge is 2.15. The molecule has 0 bridgehead atoms. The van der Waals surface area contributed by atoms with Crippen LogP contribution in [0.5, 0.6) is 17.2 Å². The van der Waals surface area contributed by atoms with Crippen LogP contribution in [0.15, 0.2) is 42.5 Å². The molecule has 104 valence electrons. The van der Waals surface area contributed by atoms with Crippen molar-refractivity contribution in [2.75, 3.05) is 12.1 Å². The van der Waals surface area contributed by atoms with Crippen LogP contribution in [0.25, 0.3) is 0 Å². The zero-order valence-corrected chi connectivity index (χ0v) is 11.3. The number of hydrogen-bond acceptors (Lipinski definition) is 4. The van der Waals surface area contributed by atoms with E-state index in [1.54, 1.807) is 12.1 Å². The lowest BCUT2D eigenvalue weighted by molar-refractivity contribution is 0.174. The molecule has 2 aromatic rings. The molecule has 0 saturated heterocycles. The molecule has 0 radical (unpaired) electrons. The van der Waals surface area contributed by atoms with Gasteiger partial charge in [-0.1, -0.05) is 19.1 Å². The van der Waals surface area contributed by atoms with Crippen LogP contribution in [0.1, 0.15) is 24.9 Å². The van der Waals surface area contributed by atoms with Crippen LogP contribution in [0, 0.1) is 0 Å². The molecular formula is C16H17NO3. The number of fused-ring (bicyclic) bond motifs is 1. The van der Waals surface area contributed by atoms with Crippen molar-refractivity contribution in [1.82, 2.24) is 0 Å². The third kappa shape index (κ3) is 2.50. The Bertz CT molecular complexity index is 595. The Balaban J connectivity index is 1.79. The summed E-state index contributed by atoms with van der Waals surface area (Å²) in [5.41, 5.74) is 2.14. The number of anilines is 1. The summed E-state index contributed by atoms with van der Waals surface area (Å²) in [4.78, 5) is 0. The largest absolute Gasteiger partial charge is 0.508 e. The van der Waals surface area contributed by atoms with Crippen molar-refractivity contribution in [2.45, 2.75) is 19.4 Å². The van der Waals surface area contributed by atoms with E-state index < -0.39 is 0 Å². The average molecular weight is 271 g/mol. The first-order chi connectivity index (χ1) is 9.76. The minimum Gasteiger partial charge on any atom is -0.508 e. The van der Waals surface area contributed by atoms with Gasteiger partial charge in [0, 0.05) is 11.8 Å². The molecule has 20 heavy (non-hydrogen) atoms. The van der Waals surface area contributed by atoms with Gasteiger partial charge in [-0.05, 0) is 36.2 Å². The van der Waals surface area contributed by atoms with Crippen molar-refractivity contribution < 1.29 is 14.6 Å². The molecule has 1 unspecified atom stereocenters. The van der Waals surface area contributed by atoms with Crippen LogP contribution in [-0.2, 0) is 0 Å². The van der Waals surface area contributed by atoms with E-state index in [2.05, 4.69) is 12.2 Å². The quantitative estimate of drug-likeness (QED) is 0.890. The monoisotopic (exact) mass is 271 g/mol. The normalized spacial score (nSPS) is 14.1. The second kappa shape index (κ2) is 5.33. The van der Waals surface area contributed by atoms with E-state index in [4.69, 9.17) is 9.47 Å². The first-order valence-corrected chi connectivity index (χ1v) is 6.71. The SMILES string of the molecule is CCC(Nc1ccc2c(c1)OCO2)c1ccc(O)cc1. The van der Waals surface area contributed by atoms with E-state index in [1.807, 2.05) is 30.3 Å². The Morgan fingerprint density at radius 2 is 1.85 bits per heavy atom. The molecule has 1 atom stereocenters. The van der Waals surface area contributed by atoms with Crippen LogP contribution in [0.2, 0.25) is 0 Å². The molecule has 2 N–H and O–H groups in total. The molecule has 0 amide bonds. The summed E-state index contributed by atoms with van der Waals surface area (Å²) >= 11 is 0. The molecule has 3 rings (SSSR count). The summed E-state index contributed by atoms with van der Waals surface area (Å²) in [5, 5.41) is 12.8. The van der Waals surface area contributed by atoms with E-state index >= 15 is 0 Å². The van der Waals surface area contributed by atoms with Gasteiger partial charge >= 0.3 is 0 Å². The highest BCUT2D eigenvalue weighted by atomic mass is 16.7. The first kappa shape index (κ1) is 12.7. The summed E-state index contributed by atoms with van der Waals surface area (Å²) in [5.74, 6) is 1.84. The van der Waals surface area contributed by atoms with Gasteiger partial charge in [0.05, 0.1) is 6.04 Å². The number of rotatable bonds is 4. The summed E-state index contributed by atoms with van der Waals surface area (Å²) in [7, 11) is 0. The van der Waals surface area contributed by atoms with Crippen molar-refractivity contribution in [3.8, 4) is 17.2 Å². The molecule has 1 aliphatic rings. The summed E-state index contributed by atoms with van der Waals surface area (Å²) in [6, 6.07) is 13.3. The number of ether oxygens (including phenoxy) is 2. The molecule has 0 aromatic heterocycles. The van der Waals surface area contributed by atoms with Gasteiger partial charge in [-0.15, -0.1) is 0 Å². The smallest absolute Gasteiger partial charge is 0.231 e. The van der Waals surface area contributed by atoms with Gasteiger partial charge < -0.3 is 19.9 Å². The fraction of sp³-hybridized carbons (Fsp3) is 0.250. The van der Waals surface area contributed by atoms with Crippen molar-refractivity contribution in [3.05, 3.63) is 48.0 Å². The van der Waals surface area contributed by atoms with Crippen LogP contribution in [0.4, 0.5) is 5.69 Å². The molecule has 0 fully saturated rings. The summed E-state index contributed by atoms with van der Waals surface area (Å²) in [6.45, 7) is 2.41. The zero-order valence-electron chi connectivity index (χ0n) is 11.3. The maximum atomic E-state index is 9.36. The Kier molecular flexibility index (Phi) is 3.37. The third-order valence-corrected chi connectivity index (χ3v) is 3.42. The van der Waals surface area contributed by atoms with E-state index in [0.29, 0.717) is 0 Å². The minimum atomic E-state index is 0.191. The number of phenolic OH excluding ortho intramolecular Hbond substituents is 1. The van der Waals surface area contributed by atoms with Gasteiger partial charge in [0.1, 0.15) is 5.75 Å². The Morgan fingerprint density at radius 1 is 1.10 bits per heavy atom. The second-order valence-corrected chi connectivity index (χ2v) is 4.76. The average Bonchev–Trinajstić information content (AvgIpc) is 2.93. The fourth-order valence-corrected chi connectivity index (χ4v) is 2.32. The van der Waals surface area contributed by atoms with E-state index in [9.17, 15) is 5.11 Å². The molecular weight excluding hydrogens is 254 g/mol. The van der Waals surface area contributed by atoms with Crippen LogP contribution in [-0.4, -0.2) is 11.9 Å². The number of hydrogen-bond donors (Lipinski definition) is 2. The zero-order chi connectivity index (χ0) is 13.9. The van der Waals surface area contributed by atoms with Crippen molar-refractivity contribution in [2.24, 2.45) is 0 Å². The van der Waals surface area contributed by atoms with Gasteiger partial charge in [-0.2, -0.15) is 0 Å². The van der Waals surface area contributed by atoms with Crippen molar-refractivity contribution in [3.63, 3.8) is 0 Å². The summed E-state index contributed by atoms with van der Waals surface area (Å²) < 4.78 is 10.7. The molecule has 0 aliphatic carbocycles. The predicted molar refractivity (Wildman–Crippen MR) is 77.3 cm³/mol. The lowest BCUT2D eigenvalue weighted by atomic mass is 10.0. The fourth-order valence-electron chi connectivity index (χ4n) is 2.32. The standard InChI is InChI=1S/C16H17NO3/c1-2-14(11-3-6-13(18)7-4-11)17-12-5-8-15-16(9-12)20-10-19-15/h3-9,14,17-18H,2,10H2,1H3. The van der Waals surface area contributed by atoms with Crippen LogP contribution >= 0.6 is 0 Å². The van der Waals surface area contributed by atoms with Crippen molar-refractivity contribution in [1.29, 1.82) is 0 Å². The molecule has 2 aromatic carbocycles. The van der Waals surface area contributed by atoms with E-state index in [0.717, 1.165) is 29.2 Å². The third-order valence-electron chi connectivity index (χ3n) is 3.42. The lowest BCUT2D eigenvalue weighted by Gasteiger charge is -2.19. The first-order valence-electron chi connectivity index (χ1n) is 6.71. The highest BCUT2D eigenvalue weighted by Crippen LogP contribution is 2.35. The van der Waals surface area contributed by atoms with Gasteiger partial charge in [0.2, 0.25) is 6.79 Å². The van der Waals surface area contributed by atoms with E-state index in [-0.39, 0.29) is 18.6 Å². The highest BCUT2D eigenvalue weighted by molar-refractivity contribution is 5.56. The predicted octanol–water partition coefficient (Wildman–Crippen LogP) is 3.68. The molecule has 4 heteroatoms. The topological polar surface area (TPSA) is 50.7 Å². The lowest BCUT2D eigenvalue weighted by Crippen LogP contribution is -2.09. The van der Waals surface area contributed by atoms with Gasteiger partial charge in [-0.3, -0.25) is 0 Å². The van der Waals surface area contributed by atoms with Crippen molar-refractivity contribution >= 4 is 5.69 Å². The number of nitrogens with one attached hydrogen (secondary N) is 1. The molecule has 4 nitrogen and oxygen atoms in total. The number of phenols is 1. The molecule has 1 aliphatic heterocycles. The van der Waals surface area contributed by atoms with Crippen LogP contribution in [0.3, 0.4) is 0 Å². The Hall–Kier alpha value is -2.36. The van der Waals surface area contributed by atoms with E-state index in [1.165, 1.54) is 0 Å². The van der Waals surface area contributed by atoms with Gasteiger partial charge in [0.15, 0.2) is 11.5 Å². The van der Waals surface area contributed by atoms with Crippen LogP contribution < -0.4 is 14.8 Å².